The van der Waals surface area contributed by atoms with Gasteiger partial charge in [-0.3, -0.25) is 4.79 Å². The number of ether oxygens (including phenoxy) is 1. The summed E-state index contributed by atoms with van der Waals surface area (Å²) in [5, 5.41) is 0. The van der Waals surface area contributed by atoms with Crippen molar-refractivity contribution in [2.45, 2.75) is 32.1 Å². The Morgan fingerprint density at radius 1 is 1.41 bits per heavy atom. The largest absolute Gasteiger partial charge is 0.487 e. The molecule has 5 nitrogen and oxygen atoms in total. The molecule has 0 unspecified atom stereocenters. The van der Waals surface area contributed by atoms with Crippen LogP contribution in [-0.4, -0.2) is 47.6 Å². The third kappa shape index (κ3) is 2.46. The molecule has 0 spiro atoms. The number of nitrogens with zero attached hydrogens (tertiary/aromatic N) is 3. The molecular formula is C14H16F3N3O2. The number of halogens is 3. The lowest BCUT2D eigenvalue weighted by Gasteiger charge is -2.45. The van der Waals surface area contributed by atoms with Crippen molar-refractivity contribution in [2.75, 3.05) is 24.6 Å². The molecule has 3 heterocycles. The minimum absolute atomic E-state index is 0.0548. The average molecular weight is 315 g/mol. The smallest absolute Gasteiger partial charge is 0.418 e. The Kier molecular flexibility index (Phi) is 3.41. The van der Waals surface area contributed by atoms with Gasteiger partial charge < -0.3 is 14.5 Å². The van der Waals surface area contributed by atoms with Crippen molar-refractivity contribution in [1.82, 2.24) is 9.88 Å². The fourth-order valence-electron chi connectivity index (χ4n) is 2.78. The number of hydrogen-bond donors (Lipinski definition) is 0. The first-order valence-corrected chi connectivity index (χ1v) is 7.03. The van der Waals surface area contributed by atoms with Gasteiger partial charge in [0, 0.05) is 18.8 Å². The SMILES string of the molecule is CC(C)N1C[C@@H]2COc3cc(C(F)(F)F)cnc3N2CC1=O. The van der Waals surface area contributed by atoms with E-state index >= 15 is 0 Å². The molecule has 0 aromatic carbocycles. The predicted octanol–water partition coefficient (Wildman–Crippen LogP) is 1.92. The molecule has 0 saturated carbocycles. The van der Waals surface area contributed by atoms with Crippen LogP contribution in [-0.2, 0) is 11.0 Å². The summed E-state index contributed by atoms with van der Waals surface area (Å²) in [5.74, 6) is 0.332. The molecule has 8 heteroatoms. The van der Waals surface area contributed by atoms with Crippen LogP contribution in [0.15, 0.2) is 12.3 Å². The standard InChI is InChI=1S/C14H16F3N3O2/c1-8(2)19-5-10-7-22-11-3-9(14(15,16)17)4-18-13(11)20(10)6-12(19)21/h3-4,8,10H,5-7H2,1-2H3/t10-/m1/s1. The van der Waals surface area contributed by atoms with Crippen molar-refractivity contribution in [2.24, 2.45) is 0 Å². The van der Waals surface area contributed by atoms with E-state index in [4.69, 9.17) is 4.74 Å². The van der Waals surface area contributed by atoms with E-state index in [-0.39, 0.29) is 36.9 Å². The summed E-state index contributed by atoms with van der Waals surface area (Å²) >= 11 is 0. The number of alkyl halides is 3. The highest BCUT2D eigenvalue weighted by atomic mass is 19.4. The van der Waals surface area contributed by atoms with Gasteiger partial charge in [0.05, 0.1) is 18.2 Å². The Balaban J connectivity index is 1.90. The third-order valence-electron chi connectivity index (χ3n) is 3.96. The van der Waals surface area contributed by atoms with Gasteiger partial charge in [-0.25, -0.2) is 4.98 Å². The normalized spacial score (nSPS) is 21.5. The summed E-state index contributed by atoms with van der Waals surface area (Å²) in [6.07, 6.45) is -3.68. The maximum absolute atomic E-state index is 12.7. The van der Waals surface area contributed by atoms with Gasteiger partial charge in [0.25, 0.3) is 0 Å². The molecule has 120 valence electrons. The number of carbonyl (C=O) groups is 1. The van der Waals surface area contributed by atoms with Crippen LogP contribution in [0, 0.1) is 0 Å². The first kappa shape index (κ1) is 14.9. The highest BCUT2D eigenvalue weighted by Gasteiger charge is 2.40. The molecule has 2 aliphatic rings. The van der Waals surface area contributed by atoms with Gasteiger partial charge in [-0.05, 0) is 19.9 Å². The molecule has 0 aliphatic carbocycles. The van der Waals surface area contributed by atoms with E-state index in [2.05, 4.69) is 4.98 Å². The van der Waals surface area contributed by atoms with E-state index in [0.717, 1.165) is 12.3 Å². The van der Waals surface area contributed by atoms with Crippen molar-refractivity contribution in [1.29, 1.82) is 0 Å². The summed E-state index contributed by atoms with van der Waals surface area (Å²) in [7, 11) is 0. The molecule has 1 amide bonds. The number of hydrogen-bond acceptors (Lipinski definition) is 4. The number of piperazine rings is 1. The Hall–Kier alpha value is -1.99. The Morgan fingerprint density at radius 2 is 2.14 bits per heavy atom. The van der Waals surface area contributed by atoms with Crippen molar-refractivity contribution in [3.8, 4) is 5.75 Å². The lowest BCUT2D eigenvalue weighted by atomic mass is 10.1. The van der Waals surface area contributed by atoms with Gasteiger partial charge in [-0.1, -0.05) is 0 Å². The van der Waals surface area contributed by atoms with Crippen LogP contribution in [0.5, 0.6) is 5.75 Å². The zero-order chi connectivity index (χ0) is 16.1. The topological polar surface area (TPSA) is 45.7 Å². The van der Waals surface area contributed by atoms with Crippen molar-refractivity contribution in [3.63, 3.8) is 0 Å². The van der Waals surface area contributed by atoms with Gasteiger partial charge in [-0.15, -0.1) is 0 Å². The summed E-state index contributed by atoms with van der Waals surface area (Å²) in [6.45, 7) is 4.70. The molecule has 1 aromatic heterocycles. The first-order valence-electron chi connectivity index (χ1n) is 7.03. The number of pyridine rings is 1. The second-order valence-corrected chi connectivity index (χ2v) is 5.78. The molecule has 1 atom stereocenters. The lowest BCUT2D eigenvalue weighted by molar-refractivity contribution is -0.138. The molecular weight excluding hydrogens is 299 g/mol. The van der Waals surface area contributed by atoms with Crippen molar-refractivity contribution >= 4 is 11.7 Å². The lowest BCUT2D eigenvalue weighted by Crippen LogP contribution is -2.61. The molecule has 1 aromatic rings. The molecule has 3 rings (SSSR count). The van der Waals surface area contributed by atoms with Gasteiger partial charge in [0.15, 0.2) is 11.6 Å². The summed E-state index contributed by atoms with van der Waals surface area (Å²) in [6, 6.07) is 0.936. The highest BCUT2D eigenvalue weighted by molar-refractivity contribution is 5.84. The molecule has 1 fully saturated rings. The van der Waals surface area contributed by atoms with E-state index in [9.17, 15) is 18.0 Å². The number of aromatic nitrogens is 1. The monoisotopic (exact) mass is 315 g/mol. The maximum Gasteiger partial charge on any atom is 0.418 e. The number of rotatable bonds is 1. The molecule has 0 N–H and O–H groups in total. The van der Waals surface area contributed by atoms with E-state index in [1.807, 2.05) is 13.8 Å². The van der Waals surface area contributed by atoms with Crippen LogP contribution in [0.2, 0.25) is 0 Å². The Labute approximate surface area is 125 Å². The molecule has 0 radical (unpaired) electrons. The fraction of sp³-hybridized carbons (Fsp3) is 0.571. The second kappa shape index (κ2) is 5.03. The summed E-state index contributed by atoms with van der Waals surface area (Å²) in [4.78, 5) is 19.5. The van der Waals surface area contributed by atoms with E-state index in [1.54, 1.807) is 9.80 Å². The third-order valence-corrected chi connectivity index (χ3v) is 3.96. The van der Waals surface area contributed by atoms with Gasteiger partial charge in [0.2, 0.25) is 5.91 Å². The quantitative estimate of drug-likeness (QED) is 0.794. The van der Waals surface area contributed by atoms with Crippen molar-refractivity contribution in [3.05, 3.63) is 17.8 Å². The molecule has 22 heavy (non-hydrogen) atoms. The molecule has 1 saturated heterocycles. The van der Waals surface area contributed by atoms with Crippen LogP contribution >= 0.6 is 0 Å². The van der Waals surface area contributed by atoms with Crippen LogP contribution in [0.1, 0.15) is 19.4 Å². The molecule has 2 aliphatic heterocycles. The first-order chi connectivity index (χ1) is 10.3. The average Bonchev–Trinajstić information content (AvgIpc) is 2.44. The maximum atomic E-state index is 12.7. The van der Waals surface area contributed by atoms with Gasteiger partial charge >= 0.3 is 6.18 Å². The highest BCUT2D eigenvalue weighted by Crippen LogP contribution is 2.38. The minimum Gasteiger partial charge on any atom is -0.487 e. The number of fused-ring (bicyclic) bond motifs is 3. The van der Waals surface area contributed by atoms with E-state index in [1.165, 1.54) is 0 Å². The number of amides is 1. The predicted molar refractivity (Wildman–Crippen MR) is 72.7 cm³/mol. The van der Waals surface area contributed by atoms with Crippen LogP contribution in [0.4, 0.5) is 19.0 Å². The molecule has 0 bridgehead atoms. The van der Waals surface area contributed by atoms with Gasteiger partial charge in [0.1, 0.15) is 6.61 Å². The zero-order valence-electron chi connectivity index (χ0n) is 12.2. The fourth-order valence-corrected chi connectivity index (χ4v) is 2.78. The number of anilines is 1. The van der Waals surface area contributed by atoms with Crippen LogP contribution in [0.25, 0.3) is 0 Å². The summed E-state index contributed by atoms with van der Waals surface area (Å²) < 4.78 is 43.6. The summed E-state index contributed by atoms with van der Waals surface area (Å²) in [5.41, 5.74) is -0.850. The van der Waals surface area contributed by atoms with E-state index < -0.39 is 11.7 Å². The van der Waals surface area contributed by atoms with Gasteiger partial charge in [-0.2, -0.15) is 13.2 Å². The minimum atomic E-state index is -4.46. The number of carbonyl (C=O) groups excluding carboxylic acids is 1. The second-order valence-electron chi connectivity index (χ2n) is 5.78. The Bertz CT molecular complexity index is 603. The van der Waals surface area contributed by atoms with Crippen LogP contribution in [0.3, 0.4) is 0 Å². The Morgan fingerprint density at radius 3 is 2.77 bits per heavy atom. The van der Waals surface area contributed by atoms with E-state index in [0.29, 0.717) is 12.4 Å². The van der Waals surface area contributed by atoms with Crippen LogP contribution < -0.4 is 9.64 Å². The zero-order valence-corrected chi connectivity index (χ0v) is 12.2. The van der Waals surface area contributed by atoms with Crippen molar-refractivity contribution < 1.29 is 22.7 Å².